The highest BCUT2D eigenvalue weighted by molar-refractivity contribution is 5.79. The number of carbonyl (C=O) groups excluding carboxylic acids is 2. The zero-order valence-corrected chi connectivity index (χ0v) is 13.4. The molecule has 0 radical (unpaired) electrons. The number of aliphatic hydroxyl groups is 1. The Morgan fingerprint density at radius 2 is 1.86 bits per heavy atom. The van der Waals surface area contributed by atoms with Gasteiger partial charge in [-0.05, 0) is 46.5 Å². The van der Waals surface area contributed by atoms with Crippen molar-refractivity contribution in [2.45, 2.75) is 52.1 Å². The van der Waals surface area contributed by atoms with Gasteiger partial charge in [0, 0.05) is 32.2 Å². The summed E-state index contributed by atoms with van der Waals surface area (Å²) in [7, 11) is 0. The van der Waals surface area contributed by atoms with Gasteiger partial charge >= 0.3 is 6.09 Å². The molecule has 0 unspecified atom stereocenters. The van der Waals surface area contributed by atoms with Crippen molar-refractivity contribution in [3.63, 3.8) is 0 Å². The maximum atomic E-state index is 12.0. The number of piperidine rings is 1. The summed E-state index contributed by atoms with van der Waals surface area (Å²) in [6.45, 7) is 7.41. The molecule has 0 aromatic carbocycles. The van der Waals surface area contributed by atoms with E-state index in [0.717, 1.165) is 6.42 Å². The Morgan fingerprint density at radius 3 is 2.38 bits per heavy atom. The van der Waals surface area contributed by atoms with E-state index in [1.54, 1.807) is 4.90 Å². The predicted molar refractivity (Wildman–Crippen MR) is 79.9 cm³/mol. The van der Waals surface area contributed by atoms with Crippen LogP contribution in [-0.4, -0.2) is 53.8 Å². The van der Waals surface area contributed by atoms with Crippen LogP contribution in [0.5, 0.6) is 0 Å². The van der Waals surface area contributed by atoms with E-state index < -0.39 is 5.60 Å². The van der Waals surface area contributed by atoms with Gasteiger partial charge in [0.1, 0.15) is 5.60 Å². The van der Waals surface area contributed by atoms with Gasteiger partial charge in [-0.3, -0.25) is 4.79 Å². The number of nitrogens with zero attached hydrogens (tertiary/aromatic N) is 1. The van der Waals surface area contributed by atoms with Gasteiger partial charge in [0.05, 0.1) is 0 Å². The molecule has 1 rings (SSSR count). The molecule has 0 spiro atoms. The van der Waals surface area contributed by atoms with Crippen molar-refractivity contribution in [2.75, 3.05) is 26.2 Å². The maximum Gasteiger partial charge on any atom is 0.410 e. The topological polar surface area (TPSA) is 78.9 Å². The zero-order chi connectivity index (χ0) is 15.9. The Labute approximate surface area is 126 Å². The fourth-order valence-electron chi connectivity index (χ4n) is 2.24. The number of rotatable bonds is 5. The van der Waals surface area contributed by atoms with Crippen LogP contribution in [0.25, 0.3) is 0 Å². The monoisotopic (exact) mass is 300 g/mol. The van der Waals surface area contributed by atoms with Crippen LogP contribution in [0.4, 0.5) is 4.79 Å². The molecular weight excluding hydrogens is 272 g/mol. The molecule has 6 nitrogen and oxygen atoms in total. The number of unbranched alkanes of at least 4 members (excludes halogenated alkanes) is 1. The average Bonchev–Trinajstić information content (AvgIpc) is 2.41. The first-order valence-electron chi connectivity index (χ1n) is 7.70. The van der Waals surface area contributed by atoms with Gasteiger partial charge < -0.3 is 20.1 Å². The molecule has 2 N–H and O–H groups in total. The van der Waals surface area contributed by atoms with Crippen LogP contribution in [-0.2, 0) is 9.53 Å². The van der Waals surface area contributed by atoms with Crippen molar-refractivity contribution in [2.24, 2.45) is 5.92 Å². The third-order valence-electron chi connectivity index (χ3n) is 3.40. The van der Waals surface area contributed by atoms with Crippen LogP contribution in [0.15, 0.2) is 0 Å². The van der Waals surface area contributed by atoms with Crippen LogP contribution in [0.2, 0.25) is 0 Å². The molecule has 0 saturated carbocycles. The molecule has 2 amide bonds. The lowest BCUT2D eigenvalue weighted by molar-refractivity contribution is -0.126. The van der Waals surface area contributed by atoms with Crippen molar-refractivity contribution in [1.82, 2.24) is 10.2 Å². The molecule has 0 aliphatic carbocycles. The molecule has 0 aromatic rings. The SMILES string of the molecule is CC(C)(C)OC(=O)N1CCC(C(=O)NCCCCO)CC1. The second kappa shape index (κ2) is 8.22. The molecule has 21 heavy (non-hydrogen) atoms. The summed E-state index contributed by atoms with van der Waals surface area (Å²) in [5.74, 6) is 0.0228. The van der Waals surface area contributed by atoms with E-state index in [1.807, 2.05) is 20.8 Å². The predicted octanol–water partition coefficient (Wildman–Crippen LogP) is 1.52. The third-order valence-corrected chi connectivity index (χ3v) is 3.40. The second-order valence-corrected chi connectivity index (χ2v) is 6.46. The minimum absolute atomic E-state index is 0.0298. The first kappa shape index (κ1) is 17.8. The summed E-state index contributed by atoms with van der Waals surface area (Å²) in [5.41, 5.74) is -0.488. The molecule has 0 aromatic heterocycles. The van der Waals surface area contributed by atoms with Crippen molar-refractivity contribution >= 4 is 12.0 Å². The molecule has 1 fully saturated rings. The van der Waals surface area contributed by atoms with Crippen molar-refractivity contribution in [1.29, 1.82) is 0 Å². The van der Waals surface area contributed by atoms with Crippen molar-refractivity contribution in [3.05, 3.63) is 0 Å². The standard InChI is InChI=1S/C15H28N2O4/c1-15(2,3)21-14(20)17-9-6-12(7-10-17)13(19)16-8-4-5-11-18/h12,18H,4-11H2,1-3H3,(H,16,19). The maximum absolute atomic E-state index is 12.0. The van der Waals surface area contributed by atoms with E-state index >= 15 is 0 Å². The average molecular weight is 300 g/mol. The first-order valence-corrected chi connectivity index (χ1v) is 7.70. The second-order valence-electron chi connectivity index (χ2n) is 6.46. The Balaban J connectivity index is 2.28. The number of amides is 2. The number of aliphatic hydroxyl groups excluding tert-OH is 1. The summed E-state index contributed by atoms with van der Waals surface area (Å²) >= 11 is 0. The summed E-state index contributed by atoms with van der Waals surface area (Å²) in [6, 6.07) is 0. The largest absolute Gasteiger partial charge is 0.444 e. The molecule has 6 heteroatoms. The molecule has 1 aliphatic heterocycles. The van der Waals surface area contributed by atoms with Crippen LogP contribution in [0, 0.1) is 5.92 Å². The minimum Gasteiger partial charge on any atom is -0.444 e. The Morgan fingerprint density at radius 1 is 1.24 bits per heavy atom. The molecule has 1 aliphatic rings. The third kappa shape index (κ3) is 6.80. The number of hydrogen-bond donors (Lipinski definition) is 2. The van der Waals surface area contributed by atoms with Gasteiger partial charge in [-0.15, -0.1) is 0 Å². The molecule has 0 atom stereocenters. The molecule has 122 valence electrons. The smallest absolute Gasteiger partial charge is 0.410 e. The summed E-state index contributed by atoms with van der Waals surface area (Å²) in [6.07, 6.45) is 2.54. The Kier molecular flexibility index (Phi) is 6.95. The van der Waals surface area contributed by atoms with Crippen molar-refractivity contribution < 1.29 is 19.4 Å². The number of likely N-dealkylation sites (tertiary alicyclic amines) is 1. The number of ether oxygens (including phenoxy) is 1. The zero-order valence-electron chi connectivity index (χ0n) is 13.4. The van der Waals surface area contributed by atoms with E-state index in [9.17, 15) is 9.59 Å². The molecular formula is C15H28N2O4. The van der Waals surface area contributed by atoms with E-state index in [2.05, 4.69) is 5.32 Å². The highest BCUT2D eigenvalue weighted by atomic mass is 16.6. The first-order chi connectivity index (χ1) is 9.83. The molecule has 1 heterocycles. The van der Waals surface area contributed by atoms with Crippen molar-refractivity contribution in [3.8, 4) is 0 Å². The minimum atomic E-state index is -0.488. The van der Waals surface area contributed by atoms with Gasteiger partial charge in [0.2, 0.25) is 5.91 Å². The summed E-state index contributed by atoms with van der Waals surface area (Å²) in [4.78, 5) is 25.5. The number of nitrogens with one attached hydrogen (secondary N) is 1. The van der Waals surface area contributed by atoms with Gasteiger partial charge in [-0.2, -0.15) is 0 Å². The van der Waals surface area contributed by atoms with E-state index in [0.29, 0.717) is 38.9 Å². The molecule has 1 saturated heterocycles. The van der Waals surface area contributed by atoms with Gasteiger partial charge in [-0.25, -0.2) is 4.79 Å². The van der Waals surface area contributed by atoms with Crippen LogP contribution in [0.1, 0.15) is 46.5 Å². The number of carbonyl (C=O) groups is 2. The van der Waals surface area contributed by atoms with E-state index in [1.165, 1.54) is 0 Å². The quantitative estimate of drug-likeness (QED) is 0.755. The van der Waals surface area contributed by atoms with Crippen LogP contribution < -0.4 is 5.32 Å². The molecule has 0 bridgehead atoms. The summed E-state index contributed by atoms with van der Waals surface area (Å²) in [5, 5.41) is 11.6. The lowest BCUT2D eigenvalue weighted by Crippen LogP contribution is -2.45. The Hall–Kier alpha value is -1.30. The Bertz CT molecular complexity index is 344. The van der Waals surface area contributed by atoms with Crippen LogP contribution in [0.3, 0.4) is 0 Å². The summed E-state index contributed by atoms with van der Waals surface area (Å²) < 4.78 is 5.33. The normalized spacial score (nSPS) is 16.7. The lowest BCUT2D eigenvalue weighted by atomic mass is 9.96. The van der Waals surface area contributed by atoms with Gasteiger partial charge in [-0.1, -0.05) is 0 Å². The van der Waals surface area contributed by atoms with Gasteiger partial charge in [0.15, 0.2) is 0 Å². The van der Waals surface area contributed by atoms with E-state index in [-0.39, 0.29) is 24.5 Å². The lowest BCUT2D eigenvalue weighted by Gasteiger charge is -2.32. The number of hydrogen-bond acceptors (Lipinski definition) is 4. The van der Waals surface area contributed by atoms with E-state index in [4.69, 9.17) is 9.84 Å². The van der Waals surface area contributed by atoms with Crippen LogP contribution >= 0.6 is 0 Å². The fraction of sp³-hybridized carbons (Fsp3) is 0.867. The highest BCUT2D eigenvalue weighted by Crippen LogP contribution is 2.19. The van der Waals surface area contributed by atoms with Gasteiger partial charge in [0.25, 0.3) is 0 Å². The highest BCUT2D eigenvalue weighted by Gasteiger charge is 2.29. The fourth-order valence-corrected chi connectivity index (χ4v) is 2.24.